The van der Waals surface area contributed by atoms with E-state index in [0.717, 1.165) is 0 Å². The van der Waals surface area contributed by atoms with Crippen molar-refractivity contribution in [1.82, 2.24) is 4.90 Å². The van der Waals surface area contributed by atoms with Gasteiger partial charge in [-0.3, -0.25) is 4.79 Å². The summed E-state index contributed by atoms with van der Waals surface area (Å²) in [5.41, 5.74) is -0.769. The van der Waals surface area contributed by atoms with Crippen LogP contribution in [0.15, 0.2) is 0 Å². The van der Waals surface area contributed by atoms with Crippen molar-refractivity contribution in [2.75, 3.05) is 6.61 Å². The quantitative estimate of drug-likeness (QED) is 0.708. The van der Waals surface area contributed by atoms with Crippen LogP contribution < -0.4 is 0 Å². The monoisotopic (exact) mass is 217 g/mol. The molecule has 0 aliphatic carbocycles. The van der Waals surface area contributed by atoms with Crippen molar-refractivity contribution in [3.8, 4) is 0 Å². The second-order valence-electron chi connectivity index (χ2n) is 4.30. The van der Waals surface area contributed by atoms with Gasteiger partial charge in [0.25, 0.3) is 0 Å². The molecule has 0 spiro atoms. The van der Waals surface area contributed by atoms with Gasteiger partial charge in [-0.15, -0.1) is 0 Å². The first-order valence-corrected chi connectivity index (χ1v) is 4.70. The summed E-state index contributed by atoms with van der Waals surface area (Å²) < 4.78 is 20.0. The Morgan fingerprint density at radius 2 is 2.33 bits per heavy atom. The maximum Gasteiger partial charge on any atom is 0.417 e. The Kier molecular flexibility index (Phi) is 2.55. The Labute approximate surface area is 91.8 Å². The van der Waals surface area contributed by atoms with Crippen molar-refractivity contribution in [3.05, 3.63) is 0 Å². The molecule has 0 radical (unpaired) electrons. The average Bonchev–Trinajstić information content (AvgIpc) is 2.39. The molecule has 0 aromatic carbocycles. The van der Waals surface area contributed by atoms with E-state index in [-0.39, 0.29) is 0 Å². The fraction of sp³-hybridized carbons (Fsp3) is 0.800. The lowest BCUT2D eigenvalue weighted by molar-refractivity contribution is -0.128. The number of likely N-dealkylation sites (tertiary alicyclic amines) is 1. The van der Waals surface area contributed by atoms with Crippen molar-refractivity contribution in [2.45, 2.75) is 45.2 Å². The molecule has 5 heteroatoms. The number of imide groups is 1. The van der Waals surface area contributed by atoms with Crippen molar-refractivity contribution < 1.29 is 22.2 Å². The van der Waals surface area contributed by atoms with Crippen LogP contribution in [0.1, 0.15) is 36.3 Å². The molecule has 0 saturated carbocycles. The minimum absolute atomic E-state index is 0.533. The molecule has 0 bridgehead atoms. The number of carbonyl (C=O) groups excluding carboxylic acids is 2. The minimum Gasteiger partial charge on any atom is -0.443 e. The van der Waals surface area contributed by atoms with E-state index in [1.165, 1.54) is 0 Å². The van der Waals surface area contributed by atoms with Gasteiger partial charge in [-0.25, -0.2) is 9.69 Å². The van der Waals surface area contributed by atoms with E-state index in [2.05, 4.69) is 0 Å². The van der Waals surface area contributed by atoms with E-state index in [4.69, 9.17) is 12.6 Å². The Morgan fingerprint density at radius 3 is 2.80 bits per heavy atom. The minimum atomic E-state index is -1.35. The summed E-state index contributed by atoms with van der Waals surface area (Å²) in [7, 11) is 0. The number of carbonyl (C=O) groups is 2. The number of hydrogen-bond donors (Lipinski definition) is 1. The van der Waals surface area contributed by atoms with E-state index in [9.17, 15) is 9.59 Å². The molecule has 0 aromatic heterocycles. The fourth-order valence-corrected chi connectivity index (χ4v) is 1.20. The molecule has 1 aliphatic heterocycles. The topological polar surface area (TPSA) is 66.8 Å². The van der Waals surface area contributed by atoms with E-state index >= 15 is 0 Å². The van der Waals surface area contributed by atoms with Crippen molar-refractivity contribution in [1.29, 1.82) is 0 Å². The Hall–Kier alpha value is -1.10. The van der Waals surface area contributed by atoms with Crippen LogP contribution in [0.25, 0.3) is 0 Å². The second kappa shape index (κ2) is 4.18. The summed E-state index contributed by atoms with van der Waals surface area (Å²) in [5, 5.41) is 9.08. The number of ether oxygens (including phenoxy) is 1. The molecular formula is C10H17NO4. The van der Waals surface area contributed by atoms with Gasteiger partial charge in [-0.1, -0.05) is 0 Å². The predicted molar refractivity (Wildman–Crippen MR) is 53.2 cm³/mol. The molecule has 2 amide bonds. The molecular weight excluding hydrogens is 198 g/mol. The number of nitrogens with zero attached hydrogens (tertiary/aromatic N) is 1. The van der Waals surface area contributed by atoms with Crippen molar-refractivity contribution in [3.63, 3.8) is 0 Å². The first-order chi connectivity index (χ1) is 7.69. The molecule has 3 atom stereocenters. The van der Waals surface area contributed by atoms with Crippen LogP contribution in [-0.4, -0.2) is 40.3 Å². The Balaban J connectivity index is 2.88. The van der Waals surface area contributed by atoms with Gasteiger partial charge in [0, 0.05) is 9.14 Å². The summed E-state index contributed by atoms with van der Waals surface area (Å²) in [6.07, 6.45) is -3.40. The Bertz CT molecular complexity index is 329. The smallest absolute Gasteiger partial charge is 0.417 e. The molecule has 5 nitrogen and oxygen atoms in total. The van der Waals surface area contributed by atoms with Crippen molar-refractivity contribution >= 4 is 12.0 Å². The summed E-state index contributed by atoms with van der Waals surface area (Å²) >= 11 is 0. The number of amides is 2. The third-order valence-corrected chi connectivity index (χ3v) is 1.81. The normalized spacial score (nSPS) is 33.7. The zero-order chi connectivity index (χ0) is 13.4. The standard InChI is InChI=1S/C10H17NO4/c1-10(2,3)15-9(14)11-7(6-12)4-5-8(11)13/h7,12H,4-6H2,1-3H3/t7-/m0/s1/i4D,5D/t4-,5+,7-. The van der Waals surface area contributed by atoms with Crippen LogP contribution in [0.4, 0.5) is 4.79 Å². The van der Waals surface area contributed by atoms with E-state index < -0.39 is 43.0 Å². The lowest BCUT2D eigenvalue weighted by Gasteiger charge is -2.26. The highest BCUT2D eigenvalue weighted by molar-refractivity contribution is 5.94. The molecule has 1 saturated heterocycles. The van der Waals surface area contributed by atoms with Gasteiger partial charge in [-0.2, -0.15) is 0 Å². The molecule has 15 heavy (non-hydrogen) atoms. The fourth-order valence-electron chi connectivity index (χ4n) is 1.20. The molecule has 1 rings (SSSR count). The summed E-state index contributed by atoms with van der Waals surface area (Å²) in [5.74, 6) is -0.793. The van der Waals surface area contributed by atoms with Crippen LogP contribution >= 0.6 is 0 Å². The highest BCUT2D eigenvalue weighted by Crippen LogP contribution is 2.21. The maximum absolute atomic E-state index is 11.7. The van der Waals surface area contributed by atoms with Crippen LogP contribution in [0.3, 0.4) is 0 Å². The predicted octanol–water partition coefficient (Wildman–Crippen LogP) is 0.905. The zero-order valence-corrected chi connectivity index (χ0v) is 9.06. The summed E-state index contributed by atoms with van der Waals surface area (Å²) in [4.78, 5) is 24.0. The van der Waals surface area contributed by atoms with E-state index in [1.54, 1.807) is 20.8 Å². The highest BCUT2D eigenvalue weighted by Gasteiger charge is 2.37. The second-order valence-corrected chi connectivity index (χ2v) is 4.30. The molecule has 0 aromatic rings. The third-order valence-electron chi connectivity index (χ3n) is 1.81. The van der Waals surface area contributed by atoms with E-state index in [1.807, 2.05) is 0 Å². The lowest BCUT2D eigenvalue weighted by atomic mass is 10.2. The first-order valence-electron chi connectivity index (χ1n) is 5.86. The Morgan fingerprint density at radius 1 is 1.73 bits per heavy atom. The van der Waals surface area contributed by atoms with Gasteiger partial charge in [0.05, 0.1) is 12.6 Å². The van der Waals surface area contributed by atoms with Crippen molar-refractivity contribution in [2.24, 2.45) is 0 Å². The van der Waals surface area contributed by atoms with Gasteiger partial charge >= 0.3 is 6.09 Å². The molecule has 1 aliphatic rings. The number of rotatable bonds is 1. The zero-order valence-electron chi connectivity index (χ0n) is 11.1. The van der Waals surface area contributed by atoms with Gasteiger partial charge in [-0.05, 0) is 27.2 Å². The largest absolute Gasteiger partial charge is 0.443 e. The van der Waals surface area contributed by atoms with Gasteiger partial charge in [0.2, 0.25) is 5.91 Å². The van der Waals surface area contributed by atoms with Gasteiger partial charge < -0.3 is 9.84 Å². The SMILES string of the molecule is [2H][C@@H]1[C@@H](CO)N(C(=O)OC(C)(C)C)C(=O)[C@@H]1[2H]. The summed E-state index contributed by atoms with van der Waals surface area (Å²) in [6, 6.07) is -1.00. The summed E-state index contributed by atoms with van der Waals surface area (Å²) in [6.45, 7) is 4.41. The molecule has 86 valence electrons. The number of aliphatic hydroxyl groups excluding tert-OH is 1. The third kappa shape index (κ3) is 2.92. The van der Waals surface area contributed by atoms with Crippen LogP contribution in [0.5, 0.6) is 0 Å². The molecule has 0 unspecified atom stereocenters. The van der Waals surface area contributed by atoms with Crippen LogP contribution in [0, 0.1) is 0 Å². The highest BCUT2D eigenvalue weighted by atomic mass is 16.6. The first kappa shape index (κ1) is 9.15. The average molecular weight is 217 g/mol. The lowest BCUT2D eigenvalue weighted by Crippen LogP contribution is -2.43. The van der Waals surface area contributed by atoms with Crippen LogP contribution in [0.2, 0.25) is 0 Å². The van der Waals surface area contributed by atoms with Crippen LogP contribution in [-0.2, 0) is 9.53 Å². The maximum atomic E-state index is 11.7. The molecule has 1 fully saturated rings. The number of hydrogen-bond acceptors (Lipinski definition) is 4. The molecule has 1 N–H and O–H groups in total. The number of aliphatic hydroxyl groups is 1. The van der Waals surface area contributed by atoms with E-state index in [0.29, 0.717) is 4.90 Å². The van der Waals surface area contributed by atoms with Gasteiger partial charge in [0.1, 0.15) is 5.60 Å². The molecule has 1 heterocycles. The van der Waals surface area contributed by atoms with Gasteiger partial charge in [0.15, 0.2) is 0 Å².